The molecule has 0 aliphatic rings. The van der Waals surface area contributed by atoms with Crippen LogP contribution in [0.1, 0.15) is 33.4 Å². The number of nitrogens with one attached hydrogen (secondary N) is 1. The molecule has 0 radical (unpaired) electrons. The summed E-state index contributed by atoms with van der Waals surface area (Å²) in [5, 5.41) is 2.94. The Hall–Kier alpha value is -2.04. The zero-order chi connectivity index (χ0) is 15.5. The van der Waals surface area contributed by atoms with Crippen LogP contribution in [-0.2, 0) is 11.2 Å². The number of nitrogens with zero attached hydrogens (tertiary/aromatic N) is 2. The van der Waals surface area contributed by atoms with Crippen LogP contribution in [0.3, 0.4) is 0 Å². The molecule has 21 heavy (non-hydrogen) atoms. The summed E-state index contributed by atoms with van der Waals surface area (Å²) in [7, 11) is 0. The molecule has 2 aromatic heterocycles. The smallest absolute Gasteiger partial charge is 0.225 e. The first-order valence-corrected chi connectivity index (χ1v) is 7.29. The fourth-order valence-corrected chi connectivity index (χ4v) is 2.00. The average Bonchev–Trinajstić information content (AvgIpc) is 2.81. The number of carbonyl (C=O) groups is 1. The van der Waals surface area contributed by atoms with Crippen molar-refractivity contribution in [1.29, 1.82) is 0 Å². The molecule has 0 atom stereocenters. The highest BCUT2D eigenvalue weighted by Crippen LogP contribution is 2.19. The summed E-state index contributed by atoms with van der Waals surface area (Å²) in [4.78, 5) is 16.4. The number of hydrogen-bond donors (Lipinski definition) is 1. The molecule has 0 saturated heterocycles. The highest BCUT2D eigenvalue weighted by atomic mass is 16.5. The summed E-state index contributed by atoms with van der Waals surface area (Å²) >= 11 is 0. The number of amides is 1. The lowest BCUT2D eigenvalue weighted by atomic mass is 9.96. The molecule has 0 aliphatic heterocycles. The standard InChI is InChI=1S/C16H23N3O2/c1-5-21-13-7-6-10-19-11-12(18-14(13)19)8-9-17-15(20)16(2,3)4/h6-7,10-11H,5,8-9H2,1-4H3,(H,17,20). The molecule has 0 fully saturated rings. The minimum absolute atomic E-state index is 0.0567. The quantitative estimate of drug-likeness (QED) is 0.919. The van der Waals surface area contributed by atoms with Crippen molar-refractivity contribution in [2.45, 2.75) is 34.1 Å². The topological polar surface area (TPSA) is 55.6 Å². The van der Waals surface area contributed by atoms with Crippen molar-refractivity contribution in [1.82, 2.24) is 14.7 Å². The number of aromatic nitrogens is 2. The Morgan fingerprint density at radius 2 is 2.19 bits per heavy atom. The zero-order valence-corrected chi connectivity index (χ0v) is 13.1. The molecule has 1 amide bonds. The molecule has 5 heteroatoms. The first-order valence-electron chi connectivity index (χ1n) is 7.29. The first kappa shape index (κ1) is 15.4. The van der Waals surface area contributed by atoms with E-state index in [0.717, 1.165) is 17.1 Å². The Labute approximate surface area is 125 Å². The van der Waals surface area contributed by atoms with Gasteiger partial charge in [-0.15, -0.1) is 0 Å². The molecule has 1 N–H and O–H groups in total. The molecular weight excluding hydrogens is 266 g/mol. The monoisotopic (exact) mass is 289 g/mol. The Morgan fingerprint density at radius 3 is 2.86 bits per heavy atom. The summed E-state index contributed by atoms with van der Waals surface area (Å²) in [6.07, 6.45) is 4.62. The summed E-state index contributed by atoms with van der Waals surface area (Å²) in [5.74, 6) is 0.839. The van der Waals surface area contributed by atoms with Gasteiger partial charge in [-0.2, -0.15) is 0 Å². The van der Waals surface area contributed by atoms with E-state index in [0.29, 0.717) is 19.6 Å². The van der Waals surface area contributed by atoms with E-state index in [9.17, 15) is 4.79 Å². The van der Waals surface area contributed by atoms with Crippen LogP contribution < -0.4 is 10.1 Å². The van der Waals surface area contributed by atoms with Crippen molar-refractivity contribution in [2.24, 2.45) is 5.41 Å². The van der Waals surface area contributed by atoms with Gasteiger partial charge < -0.3 is 14.5 Å². The van der Waals surface area contributed by atoms with E-state index >= 15 is 0 Å². The van der Waals surface area contributed by atoms with Gasteiger partial charge in [-0.05, 0) is 19.1 Å². The van der Waals surface area contributed by atoms with E-state index in [4.69, 9.17) is 4.74 Å². The third-order valence-corrected chi connectivity index (χ3v) is 3.14. The summed E-state index contributed by atoms with van der Waals surface area (Å²) < 4.78 is 7.52. The van der Waals surface area contributed by atoms with Gasteiger partial charge in [0.05, 0.1) is 12.3 Å². The van der Waals surface area contributed by atoms with Crippen molar-refractivity contribution in [3.05, 3.63) is 30.2 Å². The molecule has 2 heterocycles. The molecule has 2 rings (SSSR count). The minimum Gasteiger partial charge on any atom is -0.490 e. The van der Waals surface area contributed by atoms with Crippen LogP contribution in [0.15, 0.2) is 24.5 Å². The summed E-state index contributed by atoms with van der Waals surface area (Å²) in [5.41, 5.74) is 1.40. The van der Waals surface area contributed by atoms with Crippen LogP contribution in [0.4, 0.5) is 0 Å². The van der Waals surface area contributed by atoms with E-state index in [1.165, 1.54) is 0 Å². The van der Waals surface area contributed by atoms with Crippen molar-refractivity contribution >= 4 is 11.6 Å². The molecule has 0 saturated carbocycles. The lowest BCUT2D eigenvalue weighted by Gasteiger charge is -2.17. The maximum absolute atomic E-state index is 11.8. The maximum atomic E-state index is 11.8. The van der Waals surface area contributed by atoms with Gasteiger partial charge in [-0.1, -0.05) is 20.8 Å². The molecule has 0 unspecified atom stereocenters. The van der Waals surface area contributed by atoms with Crippen LogP contribution >= 0.6 is 0 Å². The van der Waals surface area contributed by atoms with Crippen molar-refractivity contribution in [3.8, 4) is 5.75 Å². The molecule has 5 nitrogen and oxygen atoms in total. The lowest BCUT2D eigenvalue weighted by Crippen LogP contribution is -2.35. The fourth-order valence-electron chi connectivity index (χ4n) is 2.00. The van der Waals surface area contributed by atoms with E-state index in [-0.39, 0.29) is 11.3 Å². The fraction of sp³-hybridized carbons (Fsp3) is 0.500. The van der Waals surface area contributed by atoms with Gasteiger partial charge in [0.25, 0.3) is 0 Å². The van der Waals surface area contributed by atoms with E-state index in [1.54, 1.807) is 0 Å². The van der Waals surface area contributed by atoms with Crippen LogP contribution in [0.25, 0.3) is 5.65 Å². The van der Waals surface area contributed by atoms with Gasteiger partial charge in [0, 0.05) is 30.8 Å². The predicted molar refractivity (Wildman–Crippen MR) is 82.5 cm³/mol. The highest BCUT2D eigenvalue weighted by molar-refractivity contribution is 5.81. The largest absolute Gasteiger partial charge is 0.490 e. The van der Waals surface area contributed by atoms with Crippen LogP contribution in [-0.4, -0.2) is 28.4 Å². The summed E-state index contributed by atoms with van der Waals surface area (Å²) in [6.45, 7) is 8.87. The van der Waals surface area contributed by atoms with Crippen molar-refractivity contribution in [3.63, 3.8) is 0 Å². The van der Waals surface area contributed by atoms with Gasteiger partial charge in [-0.3, -0.25) is 4.79 Å². The number of imidazole rings is 1. The number of ether oxygens (including phenoxy) is 1. The van der Waals surface area contributed by atoms with Gasteiger partial charge in [0.15, 0.2) is 11.4 Å². The molecule has 0 spiro atoms. The van der Waals surface area contributed by atoms with Gasteiger partial charge in [0.2, 0.25) is 5.91 Å². The number of fused-ring (bicyclic) bond motifs is 1. The SMILES string of the molecule is CCOc1cccn2cc(CCNC(=O)C(C)(C)C)nc12. The maximum Gasteiger partial charge on any atom is 0.225 e. The van der Waals surface area contributed by atoms with Crippen LogP contribution in [0, 0.1) is 5.41 Å². The van der Waals surface area contributed by atoms with E-state index < -0.39 is 0 Å². The Kier molecular flexibility index (Phi) is 4.50. The normalized spacial score (nSPS) is 11.6. The first-order chi connectivity index (χ1) is 9.91. The van der Waals surface area contributed by atoms with Crippen molar-refractivity contribution < 1.29 is 9.53 Å². The average molecular weight is 289 g/mol. The molecule has 0 bridgehead atoms. The summed E-state index contributed by atoms with van der Waals surface area (Å²) in [6, 6.07) is 3.85. The van der Waals surface area contributed by atoms with Crippen molar-refractivity contribution in [2.75, 3.05) is 13.2 Å². The molecule has 0 aliphatic carbocycles. The molecule has 114 valence electrons. The zero-order valence-electron chi connectivity index (χ0n) is 13.1. The van der Waals surface area contributed by atoms with Crippen LogP contribution in [0.5, 0.6) is 5.75 Å². The Bertz CT molecular complexity index is 626. The third kappa shape index (κ3) is 3.74. The Morgan fingerprint density at radius 1 is 1.43 bits per heavy atom. The van der Waals surface area contributed by atoms with Gasteiger partial charge in [-0.25, -0.2) is 4.98 Å². The Balaban J connectivity index is 2.03. The second-order valence-corrected chi connectivity index (χ2v) is 6.02. The van der Waals surface area contributed by atoms with Gasteiger partial charge >= 0.3 is 0 Å². The lowest BCUT2D eigenvalue weighted by molar-refractivity contribution is -0.128. The molecule has 2 aromatic rings. The number of carbonyl (C=O) groups excluding carboxylic acids is 1. The van der Waals surface area contributed by atoms with Gasteiger partial charge in [0.1, 0.15) is 0 Å². The van der Waals surface area contributed by atoms with E-state index in [1.807, 2.05) is 56.6 Å². The molecular formula is C16H23N3O2. The minimum atomic E-state index is -0.360. The second-order valence-electron chi connectivity index (χ2n) is 6.02. The second kappa shape index (κ2) is 6.16. The number of pyridine rings is 1. The number of rotatable bonds is 5. The molecule has 0 aromatic carbocycles. The predicted octanol–water partition coefficient (Wildman–Crippen LogP) is 2.44. The van der Waals surface area contributed by atoms with Crippen LogP contribution in [0.2, 0.25) is 0 Å². The highest BCUT2D eigenvalue weighted by Gasteiger charge is 2.20. The number of hydrogen-bond acceptors (Lipinski definition) is 3. The third-order valence-electron chi connectivity index (χ3n) is 3.14. The van der Waals surface area contributed by atoms with E-state index in [2.05, 4.69) is 10.3 Å².